The maximum absolute atomic E-state index is 4.67. The van der Waals surface area contributed by atoms with Crippen molar-refractivity contribution in [3.63, 3.8) is 0 Å². The van der Waals surface area contributed by atoms with E-state index < -0.39 is 0 Å². The average Bonchev–Trinajstić information content (AvgIpc) is 2.93. The zero-order valence-electron chi connectivity index (χ0n) is 10.8. The average molecular weight is 249 g/mol. The van der Waals surface area contributed by atoms with Crippen LogP contribution in [0.5, 0.6) is 0 Å². The van der Waals surface area contributed by atoms with Gasteiger partial charge in [0.05, 0.1) is 0 Å². The first-order valence-electron chi connectivity index (χ1n) is 6.44. The van der Waals surface area contributed by atoms with Crippen molar-refractivity contribution in [3.05, 3.63) is 60.7 Å². The molecule has 3 aromatic rings. The van der Waals surface area contributed by atoms with Crippen LogP contribution < -0.4 is 0 Å². The molecule has 0 radical (unpaired) electrons. The number of hydrogen-bond acceptors (Lipinski definition) is 2. The van der Waals surface area contributed by atoms with E-state index in [4.69, 9.17) is 0 Å². The smallest absolute Gasteiger partial charge is 0.181 e. The van der Waals surface area contributed by atoms with Crippen LogP contribution in [0.2, 0.25) is 0 Å². The lowest BCUT2D eigenvalue weighted by molar-refractivity contribution is 0.668. The SMILES string of the molecule is CCn1nc(-c2ccccc2)nc1-c1ccccc1. The lowest BCUT2D eigenvalue weighted by Gasteiger charge is -2.01. The van der Waals surface area contributed by atoms with Gasteiger partial charge in [0.15, 0.2) is 11.6 Å². The molecule has 1 heterocycles. The van der Waals surface area contributed by atoms with Crippen molar-refractivity contribution >= 4 is 0 Å². The standard InChI is InChI=1S/C16H15N3/c1-2-19-16(14-11-7-4-8-12-14)17-15(18-19)13-9-5-3-6-10-13/h3-12H,2H2,1H3. The Kier molecular flexibility index (Phi) is 3.11. The predicted octanol–water partition coefficient (Wildman–Crippen LogP) is 3.63. The van der Waals surface area contributed by atoms with E-state index in [1.54, 1.807) is 0 Å². The van der Waals surface area contributed by atoms with Gasteiger partial charge in [0.2, 0.25) is 0 Å². The third-order valence-electron chi connectivity index (χ3n) is 3.04. The fraction of sp³-hybridized carbons (Fsp3) is 0.125. The van der Waals surface area contributed by atoms with Crippen molar-refractivity contribution in [2.45, 2.75) is 13.5 Å². The Labute approximate surface area is 112 Å². The van der Waals surface area contributed by atoms with Gasteiger partial charge in [0.25, 0.3) is 0 Å². The molecule has 3 nitrogen and oxygen atoms in total. The Morgan fingerprint density at radius 3 is 2.00 bits per heavy atom. The normalized spacial score (nSPS) is 10.6. The van der Waals surface area contributed by atoms with Gasteiger partial charge in [-0.1, -0.05) is 60.7 Å². The maximum Gasteiger partial charge on any atom is 0.181 e. The van der Waals surface area contributed by atoms with Crippen molar-refractivity contribution in [2.75, 3.05) is 0 Å². The molecule has 0 bridgehead atoms. The van der Waals surface area contributed by atoms with E-state index in [0.717, 1.165) is 29.3 Å². The third kappa shape index (κ3) is 2.27. The first-order valence-corrected chi connectivity index (χ1v) is 6.44. The fourth-order valence-corrected chi connectivity index (χ4v) is 2.07. The Balaban J connectivity index is 2.09. The van der Waals surface area contributed by atoms with Gasteiger partial charge in [-0.25, -0.2) is 9.67 Å². The quantitative estimate of drug-likeness (QED) is 0.709. The molecule has 94 valence electrons. The molecule has 0 atom stereocenters. The summed E-state index contributed by atoms with van der Waals surface area (Å²) in [6, 6.07) is 20.2. The van der Waals surface area contributed by atoms with E-state index in [9.17, 15) is 0 Å². The molecule has 1 aromatic heterocycles. The summed E-state index contributed by atoms with van der Waals surface area (Å²) in [6.45, 7) is 2.89. The second kappa shape index (κ2) is 5.06. The van der Waals surface area contributed by atoms with Crippen LogP contribution in [-0.2, 0) is 6.54 Å². The minimum atomic E-state index is 0.779. The van der Waals surface area contributed by atoms with E-state index in [-0.39, 0.29) is 0 Å². The fourth-order valence-electron chi connectivity index (χ4n) is 2.07. The second-order valence-electron chi connectivity index (χ2n) is 4.31. The summed E-state index contributed by atoms with van der Waals surface area (Å²) in [4.78, 5) is 4.67. The van der Waals surface area contributed by atoms with E-state index in [0.29, 0.717) is 0 Å². The predicted molar refractivity (Wildman–Crippen MR) is 76.6 cm³/mol. The topological polar surface area (TPSA) is 30.7 Å². The maximum atomic E-state index is 4.67. The molecule has 19 heavy (non-hydrogen) atoms. The number of nitrogens with zero attached hydrogens (tertiary/aromatic N) is 3. The summed E-state index contributed by atoms with van der Waals surface area (Å²) in [5.41, 5.74) is 2.14. The lowest BCUT2D eigenvalue weighted by Crippen LogP contribution is -1.99. The Morgan fingerprint density at radius 1 is 0.842 bits per heavy atom. The molecule has 0 aliphatic carbocycles. The van der Waals surface area contributed by atoms with Crippen LogP contribution in [0.3, 0.4) is 0 Å². The Bertz CT molecular complexity index is 657. The first kappa shape index (κ1) is 11.7. The van der Waals surface area contributed by atoms with Gasteiger partial charge in [0.1, 0.15) is 0 Å². The lowest BCUT2D eigenvalue weighted by atomic mass is 10.2. The van der Waals surface area contributed by atoms with Crippen molar-refractivity contribution in [3.8, 4) is 22.8 Å². The molecular formula is C16H15N3. The van der Waals surface area contributed by atoms with Gasteiger partial charge in [-0.15, -0.1) is 0 Å². The van der Waals surface area contributed by atoms with Gasteiger partial charge in [-0.3, -0.25) is 0 Å². The van der Waals surface area contributed by atoms with E-state index in [2.05, 4.69) is 29.1 Å². The van der Waals surface area contributed by atoms with Gasteiger partial charge >= 0.3 is 0 Å². The summed E-state index contributed by atoms with van der Waals surface area (Å²) in [7, 11) is 0. The van der Waals surface area contributed by atoms with Crippen LogP contribution in [0.4, 0.5) is 0 Å². The highest BCUT2D eigenvalue weighted by Crippen LogP contribution is 2.21. The molecule has 0 saturated carbocycles. The minimum absolute atomic E-state index is 0.779. The van der Waals surface area contributed by atoms with E-state index >= 15 is 0 Å². The molecular weight excluding hydrogens is 234 g/mol. The van der Waals surface area contributed by atoms with Crippen molar-refractivity contribution in [1.29, 1.82) is 0 Å². The molecule has 0 spiro atoms. The second-order valence-corrected chi connectivity index (χ2v) is 4.31. The number of benzene rings is 2. The van der Waals surface area contributed by atoms with E-state index in [1.807, 2.05) is 53.2 Å². The molecule has 0 aliphatic heterocycles. The summed E-state index contributed by atoms with van der Waals surface area (Å²) >= 11 is 0. The van der Waals surface area contributed by atoms with Gasteiger partial charge in [-0.2, -0.15) is 5.10 Å². The molecule has 0 aliphatic rings. The van der Waals surface area contributed by atoms with Crippen LogP contribution in [0, 0.1) is 0 Å². The molecule has 0 fully saturated rings. The number of rotatable bonds is 3. The third-order valence-corrected chi connectivity index (χ3v) is 3.04. The van der Waals surface area contributed by atoms with Crippen LogP contribution in [-0.4, -0.2) is 14.8 Å². The van der Waals surface area contributed by atoms with Gasteiger partial charge < -0.3 is 0 Å². The molecule has 2 aromatic carbocycles. The summed E-state index contributed by atoms with van der Waals surface area (Å²) in [5.74, 6) is 1.70. The Morgan fingerprint density at radius 2 is 1.42 bits per heavy atom. The molecule has 0 N–H and O–H groups in total. The highest BCUT2D eigenvalue weighted by molar-refractivity contribution is 5.61. The molecule has 0 saturated heterocycles. The van der Waals surface area contributed by atoms with E-state index in [1.165, 1.54) is 0 Å². The molecule has 3 heteroatoms. The summed E-state index contributed by atoms with van der Waals surface area (Å²) < 4.78 is 1.94. The molecule has 3 rings (SSSR count). The van der Waals surface area contributed by atoms with Crippen LogP contribution >= 0.6 is 0 Å². The number of aryl methyl sites for hydroxylation is 1. The van der Waals surface area contributed by atoms with Crippen molar-refractivity contribution in [2.24, 2.45) is 0 Å². The van der Waals surface area contributed by atoms with Crippen molar-refractivity contribution in [1.82, 2.24) is 14.8 Å². The largest absolute Gasteiger partial charge is 0.245 e. The molecule has 0 amide bonds. The summed E-state index contributed by atoms with van der Waals surface area (Å²) in [5, 5.41) is 4.58. The van der Waals surface area contributed by atoms with Crippen LogP contribution in [0.1, 0.15) is 6.92 Å². The van der Waals surface area contributed by atoms with Crippen molar-refractivity contribution < 1.29 is 0 Å². The first-order chi connectivity index (χ1) is 9.38. The number of aromatic nitrogens is 3. The van der Waals surface area contributed by atoms with Gasteiger partial charge in [0, 0.05) is 17.7 Å². The summed E-state index contributed by atoms with van der Waals surface area (Å²) in [6.07, 6.45) is 0. The van der Waals surface area contributed by atoms with Crippen LogP contribution in [0.15, 0.2) is 60.7 Å². The number of hydrogen-bond donors (Lipinski definition) is 0. The zero-order valence-corrected chi connectivity index (χ0v) is 10.8. The Hall–Kier alpha value is -2.42. The molecule has 0 unspecified atom stereocenters. The zero-order chi connectivity index (χ0) is 13.1. The monoisotopic (exact) mass is 249 g/mol. The highest BCUT2D eigenvalue weighted by atomic mass is 15.3. The van der Waals surface area contributed by atoms with Crippen LogP contribution in [0.25, 0.3) is 22.8 Å². The highest BCUT2D eigenvalue weighted by Gasteiger charge is 2.11. The van der Waals surface area contributed by atoms with Gasteiger partial charge in [-0.05, 0) is 6.92 Å². The minimum Gasteiger partial charge on any atom is -0.245 e.